The molecule has 1 heterocycles. The van der Waals surface area contributed by atoms with E-state index in [9.17, 15) is 0 Å². The van der Waals surface area contributed by atoms with Gasteiger partial charge in [-0.25, -0.2) is 4.68 Å². The third-order valence-corrected chi connectivity index (χ3v) is 4.49. The third kappa shape index (κ3) is 3.13. The van der Waals surface area contributed by atoms with Gasteiger partial charge < -0.3 is 0 Å². The molecule has 2 aromatic carbocycles. The van der Waals surface area contributed by atoms with E-state index in [-0.39, 0.29) is 0 Å². The zero-order valence-electron chi connectivity index (χ0n) is 12.0. The van der Waals surface area contributed by atoms with Crippen LogP contribution in [0.1, 0.15) is 11.1 Å². The molecule has 3 aromatic rings. The molecular weight excluding hydrogens is 397 g/mol. The number of benzene rings is 2. The lowest BCUT2D eigenvalue weighted by atomic mass is 10.0. The maximum absolute atomic E-state index is 9.16. The van der Waals surface area contributed by atoms with Crippen LogP contribution in [0.5, 0.6) is 0 Å². The fourth-order valence-electron chi connectivity index (χ4n) is 2.26. The standard InChI is InChI=1S/C17H10BrCl2N3/c1-10-2-3-11(6-12(10)9-21)16-4-5-23(22-16)17-14(19)7-13(18)8-15(17)20/h2-8H,1H3. The van der Waals surface area contributed by atoms with Gasteiger partial charge >= 0.3 is 0 Å². The molecule has 0 radical (unpaired) electrons. The third-order valence-electron chi connectivity index (χ3n) is 3.45. The normalized spacial score (nSPS) is 10.6. The summed E-state index contributed by atoms with van der Waals surface area (Å²) >= 11 is 15.9. The van der Waals surface area contributed by atoms with E-state index in [0.717, 1.165) is 21.3 Å². The van der Waals surface area contributed by atoms with E-state index in [0.29, 0.717) is 21.3 Å². The summed E-state index contributed by atoms with van der Waals surface area (Å²) in [5.41, 5.74) is 3.81. The average Bonchev–Trinajstić information content (AvgIpc) is 2.96. The second kappa shape index (κ2) is 6.37. The fraction of sp³-hybridized carbons (Fsp3) is 0.0588. The van der Waals surface area contributed by atoms with Crippen molar-refractivity contribution < 1.29 is 0 Å². The average molecular weight is 407 g/mol. The van der Waals surface area contributed by atoms with Crippen molar-refractivity contribution in [2.24, 2.45) is 0 Å². The monoisotopic (exact) mass is 405 g/mol. The van der Waals surface area contributed by atoms with Gasteiger partial charge in [0.25, 0.3) is 0 Å². The molecule has 0 bridgehead atoms. The molecular formula is C17H10BrCl2N3. The van der Waals surface area contributed by atoms with Crippen molar-refractivity contribution in [3.05, 3.63) is 68.2 Å². The number of aromatic nitrogens is 2. The van der Waals surface area contributed by atoms with Crippen LogP contribution < -0.4 is 0 Å². The molecule has 1 aromatic heterocycles. The van der Waals surface area contributed by atoms with Gasteiger partial charge in [-0.2, -0.15) is 10.4 Å². The SMILES string of the molecule is Cc1ccc(-c2ccn(-c3c(Cl)cc(Br)cc3Cl)n2)cc1C#N. The summed E-state index contributed by atoms with van der Waals surface area (Å²) in [6.45, 7) is 1.91. The summed E-state index contributed by atoms with van der Waals surface area (Å²) in [5.74, 6) is 0. The first kappa shape index (κ1) is 16.1. The molecule has 3 nitrogen and oxygen atoms in total. The second-order valence-corrected chi connectivity index (χ2v) is 6.74. The van der Waals surface area contributed by atoms with Gasteiger partial charge in [-0.3, -0.25) is 0 Å². The van der Waals surface area contributed by atoms with Crippen molar-refractivity contribution in [1.29, 1.82) is 5.26 Å². The molecule has 0 saturated heterocycles. The van der Waals surface area contributed by atoms with E-state index in [1.165, 1.54) is 0 Å². The Morgan fingerprint density at radius 3 is 2.48 bits per heavy atom. The van der Waals surface area contributed by atoms with Gasteiger partial charge in [0.1, 0.15) is 5.69 Å². The molecule has 0 unspecified atom stereocenters. The number of nitriles is 1. The zero-order valence-corrected chi connectivity index (χ0v) is 15.1. The van der Waals surface area contributed by atoms with E-state index in [2.05, 4.69) is 27.1 Å². The highest BCUT2D eigenvalue weighted by atomic mass is 79.9. The molecule has 0 amide bonds. The van der Waals surface area contributed by atoms with Crippen LogP contribution in [-0.4, -0.2) is 9.78 Å². The molecule has 23 heavy (non-hydrogen) atoms. The van der Waals surface area contributed by atoms with Crippen molar-refractivity contribution in [3.8, 4) is 23.0 Å². The molecule has 0 N–H and O–H groups in total. The van der Waals surface area contributed by atoms with Crippen molar-refractivity contribution in [3.63, 3.8) is 0 Å². The lowest BCUT2D eigenvalue weighted by Crippen LogP contribution is -1.97. The number of aryl methyl sites for hydroxylation is 1. The van der Waals surface area contributed by atoms with Gasteiger partial charge in [0, 0.05) is 16.2 Å². The van der Waals surface area contributed by atoms with Crippen molar-refractivity contribution >= 4 is 39.1 Å². The highest BCUT2D eigenvalue weighted by molar-refractivity contribution is 9.10. The van der Waals surface area contributed by atoms with Crippen LogP contribution in [0.2, 0.25) is 10.0 Å². The molecule has 114 valence electrons. The molecule has 0 fully saturated rings. The zero-order chi connectivity index (χ0) is 16.6. The summed E-state index contributed by atoms with van der Waals surface area (Å²) in [7, 11) is 0. The van der Waals surface area contributed by atoms with Crippen molar-refractivity contribution in [2.75, 3.05) is 0 Å². The molecule has 0 aliphatic heterocycles. The van der Waals surface area contributed by atoms with E-state index < -0.39 is 0 Å². The van der Waals surface area contributed by atoms with Crippen molar-refractivity contribution in [2.45, 2.75) is 6.92 Å². The van der Waals surface area contributed by atoms with Crippen LogP contribution in [0.15, 0.2) is 47.1 Å². The predicted molar refractivity (Wildman–Crippen MR) is 96.2 cm³/mol. The van der Waals surface area contributed by atoms with E-state index in [4.69, 9.17) is 28.5 Å². The molecule has 0 atom stereocenters. The molecule has 0 aliphatic rings. The second-order valence-electron chi connectivity index (χ2n) is 5.01. The maximum atomic E-state index is 9.16. The van der Waals surface area contributed by atoms with Crippen LogP contribution in [0.4, 0.5) is 0 Å². The number of halogens is 3. The number of rotatable bonds is 2. The minimum atomic E-state index is 0.501. The minimum absolute atomic E-state index is 0.501. The lowest BCUT2D eigenvalue weighted by Gasteiger charge is -2.08. The summed E-state index contributed by atoms with van der Waals surface area (Å²) in [5, 5.41) is 14.7. The van der Waals surface area contributed by atoms with E-state index in [1.807, 2.05) is 31.2 Å². The van der Waals surface area contributed by atoms with Gasteiger partial charge in [0.2, 0.25) is 0 Å². The Labute approximate surface area is 152 Å². The number of nitrogens with zero attached hydrogens (tertiary/aromatic N) is 3. The van der Waals surface area contributed by atoms with Crippen LogP contribution in [0.25, 0.3) is 16.9 Å². The van der Waals surface area contributed by atoms with Gasteiger partial charge in [-0.15, -0.1) is 0 Å². The Hall–Kier alpha value is -1.80. The van der Waals surface area contributed by atoms with Crippen LogP contribution in [0.3, 0.4) is 0 Å². The van der Waals surface area contributed by atoms with Gasteiger partial charge in [0.15, 0.2) is 0 Å². The van der Waals surface area contributed by atoms with Crippen LogP contribution in [-0.2, 0) is 0 Å². The topological polar surface area (TPSA) is 41.6 Å². The van der Waals surface area contributed by atoms with E-state index in [1.54, 1.807) is 23.0 Å². The molecule has 6 heteroatoms. The Morgan fingerprint density at radius 1 is 1.13 bits per heavy atom. The quantitative estimate of drug-likeness (QED) is 0.540. The number of hydrogen-bond donors (Lipinski definition) is 0. The predicted octanol–water partition coefficient (Wildman–Crippen LogP) is 5.79. The van der Waals surface area contributed by atoms with Gasteiger partial charge in [-0.05, 0) is 36.8 Å². The Morgan fingerprint density at radius 2 is 1.83 bits per heavy atom. The fourth-order valence-corrected chi connectivity index (χ4v) is 3.64. The first-order valence-corrected chi connectivity index (χ1v) is 8.26. The largest absolute Gasteiger partial charge is 0.237 e. The highest BCUT2D eigenvalue weighted by Gasteiger charge is 2.12. The first-order valence-electron chi connectivity index (χ1n) is 6.71. The van der Waals surface area contributed by atoms with Crippen LogP contribution >= 0.6 is 39.1 Å². The minimum Gasteiger partial charge on any atom is -0.237 e. The summed E-state index contributed by atoms with van der Waals surface area (Å²) < 4.78 is 2.44. The highest BCUT2D eigenvalue weighted by Crippen LogP contribution is 2.32. The number of hydrogen-bond acceptors (Lipinski definition) is 2. The van der Waals surface area contributed by atoms with E-state index >= 15 is 0 Å². The summed E-state index contributed by atoms with van der Waals surface area (Å²) in [4.78, 5) is 0. The Kier molecular flexibility index (Phi) is 4.45. The lowest BCUT2D eigenvalue weighted by molar-refractivity contribution is 0.884. The summed E-state index contributed by atoms with van der Waals surface area (Å²) in [6, 6.07) is 13.3. The molecule has 0 spiro atoms. The Balaban J connectivity index is 2.07. The van der Waals surface area contributed by atoms with Crippen LogP contribution in [0, 0.1) is 18.3 Å². The van der Waals surface area contributed by atoms with Gasteiger partial charge in [-0.1, -0.05) is 51.3 Å². The maximum Gasteiger partial charge on any atom is 0.102 e. The summed E-state index contributed by atoms with van der Waals surface area (Å²) in [6.07, 6.45) is 1.79. The molecule has 3 rings (SSSR count). The van der Waals surface area contributed by atoms with Gasteiger partial charge in [0.05, 0.1) is 27.4 Å². The smallest absolute Gasteiger partial charge is 0.102 e. The molecule has 0 saturated carbocycles. The van der Waals surface area contributed by atoms with Crippen molar-refractivity contribution in [1.82, 2.24) is 9.78 Å². The molecule has 0 aliphatic carbocycles. The Bertz CT molecular complexity index is 918. The first-order chi connectivity index (χ1) is 11.0.